The summed E-state index contributed by atoms with van der Waals surface area (Å²) >= 11 is 0. The SMILES string of the molecule is COc1cccc(/C=C(\C#N)c2nc(N)nc(N(C)C)n2)c1. The minimum atomic E-state index is 0.0699. The molecule has 0 spiro atoms. The molecule has 0 bridgehead atoms. The van der Waals surface area contributed by atoms with Crippen LogP contribution < -0.4 is 15.4 Å². The molecule has 1 aromatic heterocycles. The van der Waals surface area contributed by atoms with Crippen molar-refractivity contribution >= 4 is 23.5 Å². The molecule has 7 heteroatoms. The van der Waals surface area contributed by atoms with Crippen molar-refractivity contribution in [1.29, 1.82) is 5.26 Å². The summed E-state index contributed by atoms with van der Waals surface area (Å²) in [5.74, 6) is 1.41. The number of nitrogens with zero attached hydrogens (tertiary/aromatic N) is 5. The highest BCUT2D eigenvalue weighted by molar-refractivity contribution is 5.87. The van der Waals surface area contributed by atoms with Crippen LogP contribution >= 0.6 is 0 Å². The van der Waals surface area contributed by atoms with Gasteiger partial charge < -0.3 is 15.4 Å². The molecule has 0 aliphatic rings. The highest BCUT2D eigenvalue weighted by Crippen LogP contribution is 2.19. The second kappa shape index (κ2) is 6.54. The predicted octanol–water partition coefficient (Wildman–Crippen LogP) is 1.59. The van der Waals surface area contributed by atoms with Crippen molar-refractivity contribution < 1.29 is 4.74 Å². The number of hydrogen-bond acceptors (Lipinski definition) is 7. The van der Waals surface area contributed by atoms with Gasteiger partial charge in [0.1, 0.15) is 11.8 Å². The zero-order valence-electron chi connectivity index (χ0n) is 12.6. The number of benzene rings is 1. The van der Waals surface area contributed by atoms with Crippen molar-refractivity contribution in [3.63, 3.8) is 0 Å². The zero-order chi connectivity index (χ0) is 16.1. The summed E-state index contributed by atoms with van der Waals surface area (Å²) in [4.78, 5) is 14.0. The van der Waals surface area contributed by atoms with E-state index in [9.17, 15) is 5.26 Å². The molecular weight excluding hydrogens is 280 g/mol. The maximum absolute atomic E-state index is 9.38. The van der Waals surface area contributed by atoms with Gasteiger partial charge in [0.05, 0.1) is 12.7 Å². The number of allylic oxidation sites excluding steroid dienone is 1. The van der Waals surface area contributed by atoms with Crippen molar-refractivity contribution in [2.45, 2.75) is 0 Å². The molecule has 2 aromatic rings. The van der Waals surface area contributed by atoms with Crippen LogP contribution in [0, 0.1) is 11.3 Å². The van der Waals surface area contributed by atoms with Crippen LogP contribution in [0.4, 0.5) is 11.9 Å². The van der Waals surface area contributed by atoms with E-state index in [1.807, 2.05) is 24.3 Å². The summed E-state index contributed by atoms with van der Waals surface area (Å²) in [7, 11) is 5.16. The molecule has 0 fully saturated rings. The van der Waals surface area contributed by atoms with Gasteiger partial charge in [-0.2, -0.15) is 20.2 Å². The summed E-state index contributed by atoms with van der Waals surface area (Å²) in [6, 6.07) is 9.43. The molecular formula is C15H16N6O. The second-order valence-corrected chi connectivity index (χ2v) is 4.66. The molecule has 0 amide bonds. The van der Waals surface area contributed by atoms with E-state index < -0.39 is 0 Å². The van der Waals surface area contributed by atoms with Gasteiger partial charge in [-0.05, 0) is 23.8 Å². The van der Waals surface area contributed by atoms with Crippen LogP contribution in [-0.4, -0.2) is 36.2 Å². The number of methoxy groups -OCH3 is 1. The molecule has 7 nitrogen and oxygen atoms in total. The highest BCUT2D eigenvalue weighted by atomic mass is 16.5. The molecule has 22 heavy (non-hydrogen) atoms. The molecule has 0 aliphatic carbocycles. The Morgan fingerprint density at radius 2 is 2.09 bits per heavy atom. The van der Waals surface area contributed by atoms with Crippen molar-refractivity contribution in [1.82, 2.24) is 15.0 Å². The summed E-state index contributed by atoms with van der Waals surface area (Å²) in [6.07, 6.45) is 1.68. The summed E-state index contributed by atoms with van der Waals surface area (Å²) in [5, 5.41) is 9.38. The molecule has 0 unspecified atom stereocenters. The normalized spacial score (nSPS) is 10.9. The van der Waals surface area contributed by atoms with Crippen LogP contribution in [0.3, 0.4) is 0 Å². The Kier molecular flexibility index (Phi) is 4.53. The fourth-order valence-corrected chi connectivity index (χ4v) is 1.75. The number of nitriles is 1. The van der Waals surface area contributed by atoms with Crippen molar-refractivity contribution in [3.8, 4) is 11.8 Å². The van der Waals surface area contributed by atoms with E-state index in [1.165, 1.54) is 0 Å². The summed E-state index contributed by atoms with van der Waals surface area (Å²) < 4.78 is 5.17. The number of aromatic nitrogens is 3. The van der Waals surface area contributed by atoms with Crippen LogP contribution in [0.25, 0.3) is 11.6 Å². The third-order valence-corrected chi connectivity index (χ3v) is 2.81. The zero-order valence-corrected chi connectivity index (χ0v) is 12.6. The second-order valence-electron chi connectivity index (χ2n) is 4.66. The van der Waals surface area contributed by atoms with Gasteiger partial charge in [0.25, 0.3) is 0 Å². The monoisotopic (exact) mass is 296 g/mol. The van der Waals surface area contributed by atoms with Gasteiger partial charge in [-0.1, -0.05) is 12.1 Å². The number of anilines is 2. The smallest absolute Gasteiger partial charge is 0.230 e. The summed E-state index contributed by atoms with van der Waals surface area (Å²) in [5.41, 5.74) is 6.79. The number of rotatable bonds is 4. The lowest BCUT2D eigenvalue weighted by molar-refractivity contribution is 0.414. The predicted molar refractivity (Wildman–Crippen MR) is 85.0 cm³/mol. The Labute approximate surface area is 128 Å². The van der Waals surface area contributed by atoms with Crippen LogP contribution in [-0.2, 0) is 0 Å². The lowest BCUT2D eigenvalue weighted by atomic mass is 10.1. The lowest BCUT2D eigenvalue weighted by Crippen LogP contribution is -2.15. The fraction of sp³-hybridized carbons (Fsp3) is 0.200. The van der Waals surface area contributed by atoms with E-state index >= 15 is 0 Å². The van der Waals surface area contributed by atoms with E-state index in [4.69, 9.17) is 10.5 Å². The van der Waals surface area contributed by atoms with Crippen molar-refractivity contribution in [2.24, 2.45) is 0 Å². The fourth-order valence-electron chi connectivity index (χ4n) is 1.75. The molecule has 0 aliphatic heterocycles. The largest absolute Gasteiger partial charge is 0.497 e. The first-order chi connectivity index (χ1) is 10.5. The van der Waals surface area contributed by atoms with Crippen LogP contribution in [0.15, 0.2) is 24.3 Å². The quantitative estimate of drug-likeness (QED) is 0.855. The average Bonchev–Trinajstić information content (AvgIpc) is 2.52. The Morgan fingerprint density at radius 1 is 1.32 bits per heavy atom. The molecule has 1 heterocycles. The van der Waals surface area contributed by atoms with E-state index in [-0.39, 0.29) is 11.8 Å². The third-order valence-electron chi connectivity index (χ3n) is 2.81. The van der Waals surface area contributed by atoms with Gasteiger partial charge in [-0.3, -0.25) is 0 Å². The maximum Gasteiger partial charge on any atom is 0.230 e. The molecule has 2 N–H and O–H groups in total. The van der Waals surface area contributed by atoms with Gasteiger partial charge in [-0.15, -0.1) is 0 Å². The van der Waals surface area contributed by atoms with Crippen LogP contribution in [0.5, 0.6) is 5.75 Å². The molecule has 0 radical (unpaired) electrons. The van der Waals surface area contributed by atoms with E-state index in [2.05, 4.69) is 21.0 Å². The van der Waals surface area contributed by atoms with Gasteiger partial charge in [0, 0.05) is 14.1 Å². The highest BCUT2D eigenvalue weighted by Gasteiger charge is 2.10. The summed E-state index contributed by atoms with van der Waals surface area (Å²) in [6.45, 7) is 0. The molecule has 112 valence electrons. The number of hydrogen-bond donors (Lipinski definition) is 1. The Hall–Kier alpha value is -3.14. The van der Waals surface area contributed by atoms with Gasteiger partial charge in [0.2, 0.25) is 11.9 Å². The maximum atomic E-state index is 9.38. The first kappa shape index (κ1) is 15.3. The number of nitrogens with two attached hydrogens (primary N) is 1. The number of nitrogen functional groups attached to an aromatic ring is 1. The number of ether oxygens (including phenoxy) is 1. The Bertz CT molecular complexity index is 748. The lowest BCUT2D eigenvalue weighted by Gasteiger charge is -2.11. The van der Waals surface area contributed by atoms with Gasteiger partial charge in [-0.25, -0.2) is 0 Å². The first-order valence-corrected chi connectivity index (χ1v) is 6.48. The topological polar surface area (TPSA) is 101 Å². The van der Waals surface area contributed by atoms with Crippen LogP contribution in [0.1, 0.15) is 11.4 Å². The Balaban J connectivity index is 2.48. The molecule has 0 saturated carbocycles. The average molecular weight is 296 g/mol. The minimum Gasteiger partial charge on any atom is -0.497 e. The minimum absolute atomic E-state index is 0.0699. The van der Waals surface area contributed by atoms with E-state index in [1.54, 1.807) is 32.2 Å². The Morgan fingerprint density at radius 3 is 2.73 bits per heavy atom. The van der Waals surface area contributed by atoms with Gasteiger partial charge in [0.15, 0.2) is 5.82 Å². The third kappa shape index (κ3) is 3.49. The van der Waals surface area contributed by atoms with Crippen LogP contribution in [0.2, 0.25) is 0 Å². The molecule has 1 aromatic carbocycles. The molecule has 0 saturated heterocycles. The standard InChI is InChI=1S/C15H16N6O/c1-21(2)15-19-13(18-14(17)20-15)11(9-16)7-10-5-4-6-12(8-10)22-3/h4-8H,1-3H3,(H2,17,18,19,20)/b11-7+. The van der Waals surface area contributed by atoms with E-state index in [0.717, 1.165) is 5.56 Å². The van der Waals surface area contributed by atoms with Gasteiger partial charge >= 0.3 is 0 Å². The van der Waals surface area contributed by atoms with Crippen molar-refractivity contribution in [3.05, 3.63) is 35.7 Å². The van der Waals surface area contributed by atoms with E-state index in [0.29, 0.717) is 17.3 Å². The first-order valence-electron chi connectivity index (χ1n) is 6.48. The molecule has 2 rings (SSSR count). The van der Waals surface area contributed by atoms with Crippen molar-refractivity contribution in [2.75, 3.05) is 31.8 Å². The molecule has 0 atom stereocenters.